The van der Waals surface area contributed by atoms with Crippen LogP contribution in [0.2, 0.25) is 5.02 Å². The second-order valence-corrected chi connectivity index (χ2v) is 7.43. The molecule has 29 heavy (non-hydrogen) atoms. The molecule has 1 atom stereocenters. The summed E-state index contributed by atoms with van der Waals surface area (Å²) in [4.78, 5) is 28.2. The molecule has 2 amide bonds. The lowest BCUT2D eigenvalue weighted by molar-refractivity contribution is -0.113. The second-order valence-electron chi connectivity index (χ2n) is 7.03. The summed E-state index contributed by atoms with van der Waals surface area (Å²) < 4.78 is 31.6. The van der Waals surface area contributed by atoms with Crippen LogP contribution < -0.4 is 10.1 Å². The molecule has 0 aliphatic carbocycles. The number of halogens is 3. The molecule has 7 nitrogen and oxygen atoms in total. The van der Waals surface area contributed by atoms with Crippen molar-refractivity contribution in [3.05, 3.63) is 46.6 Å². The summed E-state index contributed by atoms with van der Waals surface area (Å²) in [6.07, 6.45) is 0.363. The third-order valence-electron chi connectivity index (χ3n) is 4.77. The number of aromatic nitrogens is 1. The first-order chi connectivity index (χ1) is 13.7. The maximum absolute atomic E-state index is 12.9. The molecule has 2 aliphatic rings. The van der Waals surface area contributed by atoms with Gasteiger partial charge in [-0.15, -0.1) is 0 Å². The molecular weight excluding hydrogens is 408 g/mol. The molecule has 2 aromatic rings. The van der Waals surface area contributed by atoms with Crippen molar-refractivity contribution in [2.24, 2.45) is 0 Å². The Hall–Kier alpha value is -2.94. The number of amides is 2. The number of hydrogen-bond donors (Lipinski definition) is 2. The zero-order valence-electron chi connectivity index (χ0n) is 15.0. The number of pyridine rings is 1. The molecule has 1 aromatic heterocycles. The second kappa shape index (κ2) is 7.14. The van der Waals surface area contributed by atoms with Gasteiger partial charge in [0.15, 0.2) is 0 Å². The average molecular weight is 424 g/mol. The number of nitrogens with one attached hydrogen (secondary N) is 1. The maximum atomic E-state index is 12.9. The van der Waals surface area contributed by atoms with Gasteiger partial charge in [0.2, 0.25) is 0 Å². The van der Waals surface area contributed by atoms with Crippen LogP contribution in [0.3, 0.4) is 0 Å². The van der Waals surface area contributed by atoms with Gasteiger partial charge in [-0.1, -0.05) is 11.6 Å². The quantitative estimate of drug-likeness (QED) is 0.788. The third kappa shape index (κ3) is 3.95. The van der Waals surface area contributed by atoms with Gasteiger partial charge in [-0.05, 0) is 24.3 Å². The largest absolute Gasteiger partial charge is 0.486 e. The van der Waals surface area contributed by atoms with E-state index in [1.807, 2.05) is 6.07 Å². The van der Waals surface area contributed by atoms with E-state index in [-0.39, 0.29) is 18.2 Å². The summed E-state index contributed by atoms with van der Waals surface area (Å²) in [5, 5.41) is 11.4. The van der Waals surface area contributed by atoms with Crippen molar-refractivity contribution in [1.29, 1.82) is 0 Å². The van der Waals surface area contributed by atoms with Crippen LogP contribution in [0.4, 0.5) is 13.6 Å². The molecular formula is C19H16ClF2N3O4. The van der Waals surface area contributed by atoms with Crippen LogP contribution in [0.1, 0.15) is 15.9 Å². The molecule has 3 heterocycles. The van der Waals surface area contributed by atoms with Crippen LogP contribution in [0.25, 0.3) is 11.3 Å². The van der Waals surface area contributed by atoms with Crippen LogP contribution in [0.15, 0.2) is 30.5 Å². The van der Waals surface area contributed by atoms with Gasteiger partial charge in [0.25, 0.3) is 11.8 Å². The van der Waals surface area contributed by atoms with E-state index >= 15 is 0 Å². The molecule has 1 unspecified atom stereocenters. The van der Waals surface area contributed by atoms with E-state index < -0.39 is 31.0 Å². The minimum Gasteiger partial charge on any atom is -0.486 e. The van der Waals surface area contributed by atoms with Gasteiger partial charge >= 0.3 is 6.09 Å². The molecule has 1 aromatic carbocycles. The topological polar surface area (TPSA) is 91.8 Å². The number of hydrogen-bond acceptors (Lipinski definition) is 4. The van der Waals surface area contributed by atoms with Crippen LogP contribution in [-0.2, 0) is 6.42 Å². The van der Waals surface area contributed by atoms with E-state index in [4.69, 9.17) is 21.4 Å². The van der Waals surface area contributed by atoms with E-state index in [0.717, 1.165) is 10.5 Å². The monoisotopic (exact) mass is 423 g/mol. The van der Waals surface area contributed by atoms with Crippen molar-refractivity contribution in [3.8, 4) is 17.0 Å². The lowest BCUT2D eigenvalue weighted by atomic mass is 10.0. The van der Waals surface area contributed by atoms with E-state index in [9.17, 15) is 18.4 Å². The van der Waals surface area contributed by atoms with Crippen molar-refractivity contribution in [3.63, 3.8) is 0 Å². The summed E-state index contributed by atoms with van der Waals surface area (Å²) in [6.45, 7) is -1.02. The number of rotatable bonds is 4. The number of likely N-dealkylation sites (tertiary alicyclic amines) is 1. The molecule has 1 saturated heterocycles. The van der Waals surface area contributed by atoms with E-state index in [0.29, 0.717) is 28.5 Å². The Balaban J connectivity index is 1.49. The van der Waals surface area contributed by atoms with Crippen molar-refractivity contribution >= 4 is 23.6 Å². The standard InChI is InChI=1S/C19H16ClF2N3O4/c20-14-5-11(3-12-4-13(29-16(12)14)7-24-18(27)28)15-2-1-10(6-23-15)17(26)25-8-19(21,22)9-25/h1-3,5-6,13,24H,4,7-9H2,(H,27,28). The Bertz CT molecular complexity index is 976. The molecule has 0 radical (unpaired) electrons. The molecule has 2 aliphatic heterocycles. The van der Waals surface area contributed by atoms with Gasteiger partial charge in [-0.3, -0.25) is 9.78 Å². The first-order valence-electron chi connectivity index (χ1n) is 8.81. The Morgan fingerprint density at radius 3 is 2.72 bits per heavy atom. The highest BCUT2D eigenvalue weighted by Crippen LogP contribution is 2.39. The summed E-state index contributed by atoms with van der Waals surface area (Å²) in [5.41, 5.74) is 2.33. The Labute approximate surface area is 169 Å². The predicted molar refractivity (Wildman–Crippen MR) is 99.7 cm³/mol. The van der Waals surface area contributed by atoms with Crippen molar-refractivity contribution in [1.82, 2.24) is 15.2 Å². The molecule has 10 heteroatoms. The molecule has 1 fully saturated rings. The smallest absolute Gasteiger partial charge is 0.404 e. The van der Waals surface area contributed by atoms with Gasteiger partial charge in [0, 0.05) is 23.7 Å². The highest BCUT2D eigenvalue weighted by molar-refractivity contribution is 6.32. The van der Waals surface area contributed by atoms with Gasteiger partial charge in [0.1, 0.15) is 11.9 Å². The fourth-order valence-electron chi connectivity index (χ4n) is 3.38. The maximum Gasteiger partial charge on any atom is 0.404 e. The van der Waals surface area contributed by atoms with Crippen molar-refractivity contribution in [2.75, 3.05) is 19.6 Å². The van der Waals surface area contributed by atoms with Gasteiger partial charge in [0.05, 0.1) is 35.9 Å². The summed E-state index contributed by atoms with van der Waals surface area (Å²) >= 11 is 6.31. The van der Waals surface area contributed by atoms with Crippen molar-refractivity contribution in [2.45, 2.75) is 18.4 Å². The van der Waals surface area contributed by atoms with E-state index in [1.165, 1.54) is 6.20 Å². The van der Waals surface area contributed by atoms with E-state index in [1.54, 1.807) is 18.2 Å². The molecule has 4 rings (SSSR count). The molecule has 2 N–H and O–H groups in total. The van der Waals surface area contributed by atoms with Crippen molar-refractivity contribution < 1.29 is 28.2 Å². The fraction of sp³-hybridized carbons (Fsp3) is 0.316. The molecule has 152 valence electrons. The number of ether oxygens (including phenoxy) is 1. The van der Waals surface area contributed by atoms with Crippen LogP contribution in [0.5, 0.6) is 5.75 Å². The number of alkyl halides is 2. The van der Waals surface area contributed by atoms with Gasteiger partial charge in [-0.25, -0.2) is 13.6 Å². The van der Waals surface area contributed by atoms with E-state index in [2.05, 4.69) is 10.3 Å². The lowest BCUT2D eigenvalue weighted by Crippen LogP contribution is -2.58. The number of nitrogens with zero attached hydrogens (tertiary/aromatic N) is 2. The number of benzene rings is 1. The molecule has 0 bridgehead atoms. The number of carbonyl (C=O) groups excluding carboxylic acids is 1. The Kier molecular flexibility index (Phi) is 4.77. The summed E-state index contributed by atoms with van der Waals surface area (Å²) in [5.74, 6) is -2.79. The zero-order chi connectivity index (χ0) is 20.8. The average Bonchev–Trinajstić information content (AvgIpc) is 3.07. The summed E-state index contributed by atoms with van der Waals surface area (Å²) in [7, 11) is 0. The minimum atomic E-state index is -2.82. The number of carboxylic acid groups (broad SMARTS) is 1. The van der Waals surface area contributed by atoms with Crippen LogP contribution in [-0.4, -0.2) is 58.7 Å². The number of carbonyl (C=O) groups is 2. The zero-order valence-corrected chi connectivity index (χ0v) is 15.7. The summed E-state index contributed by atoms with van der Waals surface area (Å²) in [6, 6.07) is 6.69. The van der Waals surface area contributed by atoms with Gasteiger partial charge in [-0.2, -0.15) is 0 Å². The highest BCUT2D eigenvalue weighted by atomic mass is 35.5. The Morgan fingerprint density at radius 1 is 1.34 bits per heavy atom. The predicted octanol–water partition coefficient (Wildman–Crippen LogP) is 3.06. The number of fused-ring (bicyclic) bond motifs is 1. The van der Waals surface area contributed by atoms with Crippen LogP contribution in [0, 0.1) is 0 Å². The first-order valence-corrected chi connectivity index (χ1v) is 9.19. The lowest BCUT2D eigenvalue weighted by Gasteiger charge is -2.38. The SMILES string of the molecule is O=C(O)NCC1Cc2cc(-c3ccc(C(=O)N4CC(F)(F)C4)cn3)cc(Cl)c2O1. The molecule has 0 spiro atoms. The first kappa shape index (κ1) is 19.4. The highest BCUT2D eigenvalue weighted by Gasteiger charge is 2.46. The Morgan fingerprint density at radius 2 is 2.10 bits per heavy atom. The van der Waals surface area contributed by atoms with Gasteiger partial charge < -0.3 is 20.1 Å². The van der Waals surface area contributed by atoms with Crippen LogP contribution >= 0.6 is 11.6 Å². The molecule has 0 saturated carbocycles. The fourth-order valence-corrected chi connectivity index (χ4v) is 3.66. The third-order valence-corrected chi connectivity index (χ3v) is 5.05. The normalized spacial score (nSPS) is 19.1. The minimum absolute atomic E-state index is 0.139.